The molecule has 44 heavy (non-hydrogen) atoms. The van der Waals surface area contributed by atoms with Crippen LogP contribution in [0.1, 0.15) is 18.0 Å². The van der Waals surface area contributed by atoms with Crippen molar-refractivity contribution in [3.05, 3.63) is 157 Å². The topological polar surface area (TPSA) is 68.8 Å². The lowest BCUT2D eigenvalue weighted by molar-refractivity contribution is 0.668. The number of benzene rings is 6. The van der Waals surface area contributed by atoms with Gasteiger partial charge in [0.1, 0.15) is 17.0 Å². The summed E-state index contributed by atoms with van der Waals surface area (Å²) in [6, 6.07) is 35.0. The number of fused-ring (bicyclic) bond motifs is 6. The highest BCUT2D eigenvalue weighted by Crippen LogP contribution is 2.38. The highest BCUT2D eigenvalue weighted by atomic mass is 16.3. The van der Waals surface area contributed by atoms with Crippen molar-refractivity contribution >= 4 is 55.5 Å². The lowest BCUT2D eigenvalue weighted by atomic mass is 9.97. The first-order valence-corrected chi connectivity index (χ1v) is 14.3. The third-order valence-corrected chi connectivity index (χ3v) is 7.84. The van der Waals surface area contributed by atoms with Gasteiger partial charge in [-0.25, -0.2) is 4.99 Å². The Kier molecular flexibility index (Phi) is 5.08. The predicted molar refractivity (Wildman–Crippen MR) is 182 cm³/mol. The first kappa shape index (κ1) is 20.9. The smallest absolute Gasteiger partial charge is 0.232 e. The number of para-hydroxylation sites is 2. The summed E-state index contributed by atoms with van der Waals surface area (Å²) < 4.78 is 50.4. The first-order chi connectivity index (χ1) is 23.8. The van der Waals surface area contributed by atoms with E-state index >= 15 is 0 Å². The molecule has 0 aliphatic carbocycles. The minimum atomic E-state index is -0.439. The summed E-state index contributed by atoms with van der Waals surface area (Å²) in [5.41, 5.74) is 11.8. The van der Waals surface area contributed by atoms with Crippen LogP contribution in [0.5, 0.6) is 0 Å². The Morgan fingerprint density at radius 1 is 0.682 bits per heavy atom. The average molecular weight is 574 g/mol. The van der Waals surface area contributed by atoms with Crippen molar-refractivity contribution in [2.24, 2.45) is 15.7 Å². The van der Waals surface area contributed by atoms with Gasteiger partial charge in [-0.3, -0.25) is 4.57 Å². The van der Waals surface area contributed by atoms with Crippen LogP contribution in [-0.2, 0) is 6.54 Å². The summed E-state index contributed by atoms with van der Waals surface area (Å²) in [4.78, 5) is 10.1. The summed E-state index contributed by atoms with van der Waals surface area (Å²) in [6.45, 7) is 0.183. The number of furan rings is 1. The van der Waals surface area contributed by atoms with E-state index in [1.54, 1.807) is 12.1 Å². The van der Waals surface area contributed by atoms with E-state index in [1.165, 1.54) is 0 Å². The molecular formula is C39H28N4O. The maximum Gasteiger partial charge on any atom is 0.232 e. The van der Waals surface area contributed by atoms with E-state index in [0.717, 1.165) is 38.3 Å². The molecule has 0 unspecified atom stereocenters. The van der Waals surface area contributed by atoms with Gasteiger partial charge in [-0.05, 0) is 41.0 Å². The van der Waals surface area contributed by atoms with Gasteiger partial charge in [0.2, 0.25) is 5.96 Å². The molecule has 6 aromatic carbocycles. The Bertz CT molecular complexity index is 2580. The van der Waals surface area contributed by atoms with Crippen molar-refractivity contribution in [3.63, 3.8) is 0 Å². The molecule has 210 valence electrons. The maximum atomic E-state index is 8.69. The van der Waals surface area contributed by atoms with Crippen LogP contribution >= 0.6 is 0 Å². The third-order valence-electron chi connectivity index (χ3n) is 7.84. The van der Waals surface area contributed by atoms with Crippen LogP contribution in [0.15, 0.2) is 160 Å². The van der Waals surface area contributed by atoms with Gasteiger partial charge in [0.25, 0.3) is 0 Å². The quantitative estimate of drug-likeness (QED) is 0.168. The summed E-state index contributed by atoms with van der Waals surface area (Å²) in [7, 11) is 0. The highest BCUT2D eigenvalue weighted by molar-refractivity contribution is 6.17. The molecule has 0 saturated carbocycles. The standard InChI is InChI=1S/C39H28N4O/c40-38(27-15-5-2-6-16-27)42-39(43-32-21-9-7-18-30(32)31-19-8-10-22-33(31)43)41-25-28-17-11-23-34-36(28)37-29(20-12-24-35(37)44-34)26-13-3-1-4-14-26/h1-24H,25H2,(H2,40,41,42)/i1D,3D,4D,13D,14D. The van der Waals surface area contributed by atoms with Crippen LogP contribution in [0.4, 0.5) is 0 Å². The van der Waals surface area contributed by atoms with E-state index in [1.807, 2.05) is 95.6 Å². The number of rotatable bonds is 4. The van der Waals surface area contributed by atoms with Gasteiger partial charge in [-0.15, -0.1) is 0 Å². The van der Waals surface area contributed by atoms with Gasteiger partial charge in [0.15, 0.2) is 0 Å². The number of amidine groups is 1. The number of hydrogen-bond donors (Lipinski definition) is 1. The van der Waals surface area contributed by atoms with E-state index in [-0.39, 0.29) is 24.2 Å². The molecule has 0 fully saturated rings. The molecule has 2 heterocycles. The zero-order chi connectivity index (χ0) is 33.8. The minimum Gasteiger partial charge on any atom is -0.456 e. The van der Waals surface area contributed by atoms with Crippen LogP contribution in [0.25, 0.3) is 54.9 Å². The van der Waals surface area contributed by atoms with E-state index in [0.29, 0.717) is 33.9 Å². The third kappa shape index (κ3) is 4.34. The predicted octanol–water partition coefficient (Wildman–Crippen LogP) is 9.17. The largest absolute Gasteiger partial charge is 0.456 e. The highest BCUT2D eigenvalue weighted by Gasteiger charge is 2.18. The van der Waals surface area contributed by atoms with Gasteiger partial charge in [0, 0.05) is 27.1 Å². The molecule has 2 N–H and O–H groups in total. The fraction of sp³-hybridized carbons (Fsp3) is 0.0256. The second-order valence-electron chi connectivity index (χ2n) is 10.4. The fourth-order valence-corrected chi connectivity index (χ4v) is 5.89. The first-order valence-electron chi connectivity index (χ1n) is 16.8. The normalized spacial score (nSPS) is 14.1. The Balaban J connectivity index is 1.37. The number of hydrogen-bond acceptors (Lipinski definition) is 2. The van der Waals surface area contributed by atoms with Crippen LogP contribution in [0.3, 0.4) is 0 Å². The van der Waals surface area contributed by atoms with Crippen molar-refractivity contribution in [1.82, 2.24) is 4.57 Å². The van der Waals surface area contributed by atoms with Gasteiger partial charge < -0.3 is 10.2 Å². The van der Waals surface area contributed by atoms with Gasteiger partial charge in [-0.2, -0.15) is 4.99 Å². The van der Waals surface area contributed by atoms with Crippen LogP contribution in [0, 0.1) is 0 Å². The van der Waals surface area contributed by atoms with E-state index in [9.17, 15) is 0 Å². The van der Waals surface area contributed by atoms with Gasteiger partial charge >= 0.3 is 0 Å². The Hall–Kier alpha value is -5.94. The molecule has 0 spiro atoms. The monoisotopic (exact) mass is 573 g/mol. The summed E-state index contributed by atoms with van der Waals surface area (Å²) in [5, 5.41) is 3.51. The SMILES string of the molecule is [2H]c1c([2H])c([2H])c(-c2cccc3oc4cccc(CN=C(/N=C(\N)c5ccccc5)n5c6ccccc6c6ccccc65)c4c23)c([2H])c1[2H]. The van der Waals surface area contributed by atoms with E-state index in [4.69, 9.17) is 27.0 Å². The lowest BCUT2D eigenvalue weighted by Gasteiger charge is -2.10. The Morgan fingerprint density at radius 3 is 2.05 bits per heavy atom. The fourth-order valence-electron chi connectivity index (χ4n) is 5.89. The molecule has 2 aromatic heterocycles. The summed E-state index contributed by atoms with van der Waals surface area (Å²) >= 11 is 0. The lowest BCUT2D eigenvalue weighted by Crippen LogP contribution is -2.19. The van der Waals surface area contributed by atoms with Crippen molar-refractivity contribution in [2.45, 2.75) is 6.54 Å². The van der Waals surface area contributed by atoms with Gasteiger partial charge in [0.05, 0.1) is 24.4 Å². The molecule has 5 nitrogen and oxygen atoms in total. The molecule has 0 atom stereocenters. The molecule has 0 radical (unpaired) electrons. The molecule has 8 aromatic rings. The summed E-state index contributed by atoms with van der Waals surface area (Å²) in [6.07, 6.45) is 0. The van der Waals surface area contributed by atoms with E-state index in [2.05, 4.69) is 12.1 Å². The number of nitrogens with two attached hydrogens (primary N) is 1. The molecule has 0 aliphatic rings. The average Bonchev–Trinajstić information content (AvgIpc) is 3.69. The Morgan fingerprint density at radius 2 is 1.32 bits per heavy atom. The second kappa shape index (κ2) is 10.7. The molecule has 0 saturated heterocycles. The minimum absolute atomic E-state index is 0.115. The molecule has 0 bridgehead atoms. The number of nitrogens with zero attached hydrogens (tertiary/aromatic N) is 3. The second-order valence-corrected chi connectivity index (χ2v) is 10.4. The maximum absolute atomic E-state index is 8.69. The van der Waals surface area contributed by atoms with Crippen LogP contribution in [0.2, 0.25) is 0 Å². The molecule has 8 rings (SSSR count). The molecule has 0 aliphatic heterocycles. The van der Waals surface area contributed by atoms with E-state index < -0.39 is 18.1 Å². The molecule has 5 heteroatoms. The molecular weight excluding hydrogens is 540 g/mol. The number of aromatic nitrogens is 1. The van der Waals surface area contributed by atoms with Gasteiger partial charge in [-0.1, -0.05) is 121 Å². The number of aliphatic imine (C=N–C) groups is 2. The Labute approximate surface area is 261 Å². The van der Waals surface area contributed by atoms with Crippen molar-refractivity contribution < 1.29 is 11.3 Å². The zero-order valence-electron chi connectivity index (χ0n) is 28.5. The van der Waals surface area contributed by atoms with Crippen molar-refractivity contribution in [1.29, 1.82) is 0 Å². The zero-order valence-corrected chi connectivity index (χ0v) is 23.5. The van der Waals surface area contributed by atoms with Crippen molar-refractivity contribution in [2.75, 3.05) is 0 Å². The molecule has 0 amide bonds. The van der Waals surface area contributed by atoms with Crippen LogP contribution in [-0.4, -0.2) is 16.4 Å². The van der Waals surface area contributed by atoms with Crippen molar-refractivity contribution in [3.8, 4) is 11.1 Å². The van der Waals surface area contributed by atoms with Crippen LogP contribution < -0.4 is 5.73 Å². The summed E-state index contributed by atoms with van der Waals surface area (Å²) in [5.74, 6) is 0.714.